The number of fused-ring (bicyclic) bond motifs is 8. The Morgan fingerprint density at radius 2 is 0.978 bits per heavy atom. The van der Waals surface area contributed by atoms with E-state index >= 15 is 0 Å². The summed E-state index contributed by atoms with van der Waals surface area (Å²) in [6.45, 7) is 0. The first kappa shape index (κ1) is 25.6. The van der Waals surface area contributed by atoms with Gasteiger partial charge < -0.3 is 4.42 Å². The summed E-state index contributed by atoms with van der Waals surface area (Å²) in [5.74, 6) is 0. The molecule has 0 fully saturated rings. The molecule has 2 aromatic heterocycles. The van der Waals surface area contributed by atoms with Gasteiger partial charge in [-0.25, -0.2) is 0 Å². The number of rotatable bonds is 3. The quantitative estimate of drug-likeness (QED) is 0.183. The number of hydrogen-bond donors (Lipinski definition) is 0. The topological polar surface area (TPSA) is 13.1 Å². The molecule has 8 aromatic carbocycles. The molecule has 0 saturated heterocycles. The van der Waals surface area contributed by atoms with Gasteiger partial charge in [0, 0.05) is 20.9 Å². The SMILES string of the molecule is c1ccc(-c2c3ccccc3c(-c3ccc4sc5oc6ccccc6c5c4c3)c3ccccc23)c(-c2ccc3ccccc3c2)c1. The van der Waals surface area contributed by atoms with E-state index < -0.39 is 0 Å². The molecule has 0 saturated carbocycles. The summed E-state index contributed by atoms with van der Waals surface area (Å²) in [5.41, 5.74) is 8.43. The summed E-state index contributed by atoms with van der Waals surface area (Å²) >= 11 is 1.73. The molecular formula is C44H26OS. The highest BCUT2D eigenvalue weighted by Gasteiger charge is 2.20. The van der Waals surface area contributed by atoms with Gasteiger partial charge in [0.15, 0.2) is 4.90 Å². The maximum absolute atomic E-state index is 6.28. The number of hydrogen-bond acceptors (Lipinski definition) is 2. The average Bonchev–Trinajstić information content (AvgIpc) is 3.66. The lowest BCUT2D eigenvalue weighted by Crippen LogP contribution is -1.92. The summed E-state index contributed by atoms with van der Waals surface area (Å²) < 4.78 is 7.53. The number of para-hydroxylation sites is 1. The van der Waals surface area contributed by atoms with Crippen molar-refractivity contribution in [2.75, 3.05) is 0 Å². The van der Waals surface area contributed by atoms with Crippen LogP contribution >= 0.6 is 11.3 Å². The molecule has 0 aliphatic heterocycles. The molecule has 0 spiro atoms. The Labute approximate surface area is 269 Å². The van der Waals surface area contributed by atoms with Crippen LogP contribution in [0.25, 0.3) is 97.0 Å². The first-order valence-electron chi connectivity index (χ1n) is 15.7. The van der Waals surface area contributed by atoms with Crippen molar-refractivity contribution in [2.24, 2.45) is 0 Å². The largest absolute Gasteiger partial charge is 0.445 e. The molecule has 0 amide bonds. The van der Waals surface area contributed by atoms with Crippen LogP contribution < -0.4 is 0 Å². The summed E-state index contributed by atoms with van der Waals surface area (Å²) in [6.07, 6.45) is 0. The normalized spacial score (nSPS) is 11.9. The molecule has 0 aliphatic rings. The summed E-state index contributed by atoms with van der Waals surface area (Å²) in [4.78, 5) is 0.990. The van der Waals surface area contributed by atoms with E-state index in [1.165, 1.54) is 86.6 Å². The van der Waals surface area contributed by atoms with Crippen LogP contribution in [0.4, 0.5) is 0 Å². The zero-order valence-corrected chi connectivity index (χ0v) is 25.6. The Kier molecular flexibility index (Phi) is 5.51. The Morgan fingerprint density at radius 3 is 1.74 bits per heavy atom. The molecular weight excluding hydrogens is 577 g/mol. The van der Waals surface area contributed by atoms with E-state index in [2.05, 4.69) is 152 Å². The third kappa shape index (κ3) is 3.74. The summed E-state index contributed by atoms with van der Waals surface area (Å²) in [6, 6.07) is 57.5. The van der Waals surface area contributed by atoms with Gasteiger partial charge in [0.25, 0.3) is 0 Å². The summed E-state index contributed by atoms with van der Waals surface area (Å²) in [5, 5.41) is 11.2. The zero-order valence-electron chi connectivity index (χ0n) is 24.8. The van der Waals surface area contributed by atoms with Crippen molar-refractivity contribution >= 4 is 75.0 Å². The lowest BCUT2D eigenvalue weighted by molar-refractivity contribution is 0.678. The lowest BCUT2D eigenvalue weighted by atomic mass is 9.83. The smallest absolute Gasteiger partial charge is 0.190 e. The van der Waals surface area contributed by atoms with Crippen LogP contribution in [0.15, 0.2) is 162 Å². The number of thiophene rings is 1. The second-order valence-corrected chi connectivity index (χ2v) is 13.0. The minimum atomic E-state index is 0.946. The molecule has 0 radical (unpaired) electrons. The van der Waals surface area contributed by atoms with E-state index in [9.17, 15) is 0 Å². The maximum atomic E-state index is 6.28. The van der Waals surface area contributed by atoms with Gasteiger partial charge in [-0.3, -0.25) is 0 Å². The Morgan fingerprint density at radius 1 is 0.391 bits per heavy atom. The molecule has 0 N–H and O–H groups in total. The van der Waals surface area contributed by atoms with Crippen LogP contribution in [0.5, 0.6) is 0 Å². The molecule has 0 atom stereocenters. The van der Waals surface area contributed by atoms with Gasteiger partial charge in [-0.2, -0.15) is 0 Å². The molecule has 214 valence electrons. The minimum absolute atomic E-state index is 0.946. The maximum Gasteiger partial charge on any atom is 0.190 e. The Bertz CT molecular complexity index is 2760. The molecule has 46 heavy (non-hydrogen) atoms. The minimum Gasteiger partial charge on any atom is -0.445 e. The third-order valence-corrected chi connectivity index (χ3v) is 10.5. The summed E-state index contributed by atoms with van der Waals surface area (Å²) in [7, 11) is 0. The fourth-order valence-electron chi connectivity index (χ4n) is 7.46. The zero-order chi connectivity index (χ0) is 30.2. The van der Waals surface area contributed by atoms with Crippen LogP contribution in [0.3, 0.4) is 0 Å². The van der Waals surface area contributed by atoms with Gasteiger partial charge in [-0.05, 0) is 90.0 Å². The van der Waals surface area contributed by atoms with Gasteiger partial charge in [-0.15, -0.1) is 0 Å². The fraction of sp³-hybridized carbons (Fsp3) is 0. The van der Waals surface area contributed by atoms with Crippen LogP contribution in [0.1, 0.15) is 0 Å². The van der Waals surface area contributed by atoms with Crippen LogP contribution in [0, 0.1) is 0 Å². The highest BCUT2D eigenvalue weighted by Crippen LogP contribution is 2.48. The van der Waals surface area contributed by atoms with E-state index in [1.807, 2.05) is 6.07 Å². The fourth-order valence-corrected chi connectivity index (χ4v) is 8.52. The lowest BCUT2D eigenvalue weighted by Gasteiger charge is -2.20. The van der Waals surface area contributed by atoms with Gasteiger partial charge in [-0.1, -0.05) is 145 Å². The van der Waals surface area contributed by atoms with Crippen LogP contribution in [-0.2, 0) is 0 Å². The molecule has 0 bridgehead atoms. The second-order valence-electron chi connectivity index (χ2n) is 12.0. The van der Waals surface area contributed by atoms with E-state index in [0.29, 0.717) is 0 Å². The molecule has 10 rings (SSSR count). The predicted molar refractivity (Wildman–Crippen MR) is 198 cm³/mol. The highest BCUT2D eigenvalue weighted by molar-refractivity contribution is 7.25. The van der Waals surface area contributed by atoms with Crippen molar-refractivity contribution in [3.63, 3.8) is 0 Å². The van der Waals surface area contributed by atoms with Crippen molar-refractivity contribution in [1.29, 1.82) is 0 Å². The van der Waals surface area contributed by atoms with E-state index in [1.54, 1.807) is 11.3 Å². The van der Waals surface area contributed by atoms with Crippen molar-refractivity contribution in [3.8, 4) is 33.4 Å². The molecule has 0 aliphatic carbocycles. The molecule has 2 heteroatoms. The van der Waals surface area contributed by atoms with Crippen molar-refractivity contribution in [1.82, 2.24) is 0 Å². The van der Waals surface area contributed by atoms with Crippen molar-refractivity contribution < 1.29 is 4.42 Å². The number of furan rings is 1. The van der Waals surface area contributed by atoms with Crippen molar-refractivity contribution in [2.45, 2.75) is 0 Å². The van der Waals surface area contributed by atoms with Gasteiger partial charge in [0.1, 0.15) is 5.58 Å². The second kappa shape index (κ2) is 9.90. The Balaban J connectivity index is 1.27. The average molecular weight is 603 g/mol. The van der Waals surface area contributed by atoms with E-state index in [0.717, 1.165) is 10.5 Å². The molecule has 10 aromatic rings. The van der Waals surface area contributed by atoms with Gasteiger partial charge in [0.05, 0.1) is 0 Å². The predicted octanol–water partition coefficient (Wildman–Crippen LogP) is 13.3. The monoisotopic (exact) mass is 602 g/mol. The van der Waals surface area contributed by atoms with E-state index in [4.69, 9.17) is 4.42 Å². The van der Waals surface area contributed by atoms with Gasteiger partial charge in [0.2, 0.25) is 0 Å². The molecule has 0 unspecified atom stereocenters. The van der Waals surface area contributed by atoms with Gasteiger partial charge >= 0.3 is 0 Å². The Hall–Kier alpha value is -5.70. The first-order valence-corrected chi connectivity index (χ1v) is 16.5. The van der Waals surface area contributed by atoms with Crippen molar-refractivity contribution in [3.05, 3.63) is 158 Å². The first-order chi connectivity index (χ1) is 22.8. The standard InChI is InChI=1S/C44H26OS/c1-2-12-28-25-29(22-21-27(28)11-1)31-13-3-4-14-32(31)42-35-17-7-5-15-33(35)41(34-16-6-8-18-36(34)42)30-23-24-40-38(26-30)43-37-19-9-10-20-39(37)45-44(43)46-40/h1-26H. The molecule has 2 heterocycles. The van der Waals surface area contributed by atoms with Crippen LogP contribution in [-0.4, -0.2) is 0 Å². The highest BCUT2D eigenvalue weighted by atomic mass is 32.1. The number of benzene rings is 8. The third-order valence-electron chi connectivity index (χ3n) is 9.49. The molecule has 1 nitrogen and oxygen atoms in total. The van der Waals surface area contributed by atoms with Crippen LogP contribution in [0.2, 0.25) is 0 Å². The van der Waals surface area contributed by atoms with E-state index in [-0.39, 0.29) is 0 Å².